The van der Waals surface area contributed by atoms with Crippen molar-refractivity contribution in [3.63, 3.8) is 0 Å². The van der Waals surface area contributed by atoms with Gasteiger partial charge >= 0.3 is 0 Å². The standard InChI is InChI=1S/C11H15FN4/c1-7-9(12)10(15-6-14-7)16-4-11(13,5-16)8-2-3-8/h6,8H,2-5,13H2,1H3. The molecule has 0 unspecified atom stereocenters. The monoisotopic (exact) mass is 222 g/mol. The van der Waals surface area contributed by atoms with Gasteiger partial charge in [-0.25, -0.2) is 14.4 Å². The molecule has 0 radical (unpaired) electrons. The van der Waals surface area contributed by atoms with Gasteiger partial charge in [-0.1, -0.05) is 0 Å². The van der Waals surface area contributed by atoms with Crippen LogP contribution in [-0.4, -0.2) is 28.6 Å². The van der Waals surface area contributed by atoms with Crippen LogP contribution < -0.4 is 10.6 Å². The Labute approximate surface area is 93.7 Å². The van der Waals surface area contributed by atoms with Crippen molar-refractivity contribution in [3.05, 3.63) is 17.8 Å². The van der Waals surface area contributed by atoms with Gasteiger partial charge in [0.15, 0.2) is 11.6 Å². The molecular weight excluding hydrogens is 207 g/mol. The van der Waals surface area contributed by atoms with Gasteiger partial charge in [0.05, 0.1) is 11.2 Å². The first kappa shape index (κ1) is 9.96. The average Bonchev–Trinajstić information content (AvgIpc) is 3.01. The highest BCUT2D eigenvalue weighted by Gasteiger charge is 2.51. The SMILES string of the molecule is Cc1ncnc(N2CC(N)(C3CC3)C2)c1F. The van der Waals surface area contributed by atoms with Crippen LogP contribution >= 0.6 is 0 Å². The molecule has 0 atom stereocenters. The van der Waals surface area contributed by atoms with Gasteiger partial charge in [0.1, 0.15) is 6.33 Å². The molecule has 0 bridgehead atoms. The fraction of sp³-hybridized carbons (Fsp3) is 0.636. The summed E-state index contributed by atoms with van der Waals surface area (Å²) in [6.07, 6.45) is 3.84. The van der Waals surface area contributed by atoms with Crippen molar-refractivity contribution in [2.24, 2.45) is 11.7 Å². The van der Waals surface area contributed by atoms with Crippen LogP contribution in [0.2, 0.25) is 0 Å². The molecule has 4 nitrogen and oxygen atoms in total. The van der Waals surface area contributed by atoms with Crippen LogP contribution in [-0.2, 0) is 0 Å². The molecule has 5 heteroatoms. The summed E-state index contributed by atoms with van der Waals surface area (Å²) in [7, 11) is 0. The topological polar surface area (TPSA) is 55.0 Å². The number of hydrogen-bond donors (Lipinski definition) is 1. The lowest BCUT2D eigenvalue weighted by Crippen LogP contribution is -2.69. The zero-order valence-corrected chi connectivity index (χ0v) is 9.28. The molecule has 0 amide bonds. The molecule has 16 heavy (non-hydrogen) atoms. The van der Waals surface area contributed by atoms with Crippen molar-refractivity contribution in [2.75, 3.05) is 18.0 Å². The average molecular weight is 222 g/mol. The molecule has 1 aliphatic carbocycles. The Hall–Kier alpha value is -1.23. The molecule has 0 spiro atoms. The summed E-state index contributed by atoms with van der Waals surface area (Å²) >= 11 is 0. The number of nitrogens with zero attached hydrogens (tertiary/aromatic N) is 3. The van der Waals surface area contributed by atoms with Crippen LogP contribution in [0.15, 0.2) is 6.33 Å². The Morgan fingerprint density at radius 2 is 2.12 bits per heavy atom. The van der Waals surface area contributed by atoms with Crippen LogP contribution in [0.4, 0.5) is 10.2 Å². The van der Waals surface area contributed by atoms with Crippen LogP contribution in [0.1, 0.15) is 18.5 Å². The number of nitrogens with two attached hydrogens (primary N) is 1. The largest absolute Gasteiger partial charge is 0.350 e. The van der Waals surface area contributed by atoms with Gasteiger partial charge in [-0.15, -0.1) is 0 Å². The Kier molecular flexibility index (Phi) is 1.95. The van der Waals surface area contributed by atoms with Crippen LogP contribution in [0.25, 0.3) is 0 Å². The van der Waals surface area contributed by atoms with E-state index in [1.54, 1.807) is 6.92 Å². The Morgan fingerprint density at radius 1 is 1.44 bits per heavy atom. The first-order valence-electron chi connectivity index (χ1n) is 5.61. The molecule has 1 saturated heterocycles. The smallest absolute Gasteiger partial charge is 0.186 e. The third-order valence-corrected chi connectivity index (χ3v) is 3.61. The fourth-order valence-electron chi connectivity index (χ4n) is 2.40. The number of halogens is 1. The zero-order valence-electron chi connectivity index (χ0n) is 9.28. The molecule has 2 heterocycles. The normalized spacial score (nSPS) is 23.1. The number of anilines is 1. The molecule has 1 aromatic heterocycles. The molecular formula is C11H15FN4. The molecule has 1 aliphatic heterocycles. The van der Waals surface area contributed by atoms with Crippen molar-refractivity contribution < 1.29 is 4.39 Å². The van der Waals surface area contributed by atoms with E-state index in [0.29, 0.717) is 30.5 Å². The van der Waals surface area contributed by atoms with Crippen molar-refractivity contribution in [2.45, 2.75) is 25.3 Å². The van der Waals surface area contributed by atoms with Gasteiger partial charge < -0.3 is 10.6 Å². The molecule has 0 aromatic carbocycles. The highest BCUT2D eigenvalue weighted by Crippen LogP contribution is 2.44. The van der Waals surface area contributed by atoms with Gasteiger partial charge in [0.2, 0.25) is 0 Å². The van der Waals surface area contributed by atoms with Gasteiger partial charge in [0, 0.05) is 13.1 Å². The summed E-state index contributed by atoms with van der Waals surface area (Å²) in [5.41, 5.74) is 6.50. The van der Waals surface area contributed by atoms with Crippen molar-refractivity contribution in [1.29, 1.82) is 0 Å². The van der Waals surface area contributed by atoms with E-state index in [1.165, 1.54) is 19.2 Å². The molecule has 2 aliphatic rings. The summed E-state index contributed by atoms with van der Waals surface area (Å²) in [6.45, 7) is 3.08. The Balaban J connectivity index is 1.78. The second-order valence-electron chi connectivity index (χ2n) is 4.96. The molecule has 1 saturated carbocycles. The number of aryl methyl sites for hydroxylation is 1. The van der Waals surface area contributed by atoms with E-state index in [4.69, 9.17) is 5.73 Å². The van der Waals surface area contributed by atoms with Crippen LogP contribution in [0, 0.1) is 18.7 Å². The summed E-state index contributed by atoms with van der Waals surface area (Å²) in [6, 6.07) is 0. The summed E-state index contributed by atoms with van der Waals surface area (Å²) in [5, 5.41) is 0. The molecule has 2 N–H and O–H groups in total. The first-order chi connectivity index (χ1) is 7.60. The third kappa shape index (κ3) is 1.38. The van der Waals surface area contributed by atoms with Crippen LogP contribution in [0.3, 0.4) is 0 Å². The Morgan fingerprint density at radius 3 is 2.75 bits per heavy atom. The minimum Gasteiger partial charge on any atom is -0.350 e. The van der Waals surface area contributed by atoms with E-state index in [0.717, 1.165) is 0 Å². The van der Waals surface area contributed by atoms with Crippen molar-refractivity contribution in [1.82, 2.24) is 9.97 Å². The number of rotatable bonds is 2. The predicted molar refractivity (Wildman–Crippen MR) is 58.6 cm³/mol. The molecule has 3 rings (SSSR count). The number of aromatic nitrogens is 2. The quantitative estimate of drug-likeness (QED) is 0.806. The fourth-order valence-corrected chi connectivity index (χ4v) is 2.40. The summed E-state index contributed by atoms with van der Waals surface area (Å²) < 4.78 is 13.7. The second kappa shape index (κ2) is 3.13. The Bertz CT molecular complexity index is 424. The zero-order chi connectivity index (χ0) is 11.3. The summed E-state index contributed by atoms with van der Waals surface area (Å²) in [5.74, 6) is 0.712. The molecule has 1 aromatic rings. The van der Waals surface area contributed by atoms with E-state index in [-0.39, 0.29) is 11.4 Å². The summed E-state index contributed by atoms with van der Waals surface area (Å²) in [4.78, 5) is 9.72. The van der Waals surface area contributed by atoms with Crippen LogP contribution in [0.5, 0.6) is 0 Å². The van der Waals surface area contributed by atoms with E-state index in [9.17, 15) is 4.39 Å². The minimum absolute atomic E-state index is 0.106. The maximum Gasteiger partial charge on any atom is 0.186 e. The van der Waals surface area contributed by atoms with Gasteiger partial charge in [-0.05, 0) is 25.7 Å². The lowest BCUT2D eigenvalue weighted by Gasteiger charge is -2.48. The van der Waals surface area contributed by atoms with E-state index >= 15 is 0 Å². The van der Waals surface area contributed by atoms with E-state index in [1.807, 2.05) is 4.90 Å². The van der Waals surface area contributed by atoms with Gasteiger partial charge in [-0.2, -0.15) is 0 Å². The lowest BCUT2D eigenvalue weighted by atomic mass is 9.86. The van der Waals surface area contributed by atoms with Gasteiger partial charge in [0.25, 0.3) is 0 Å². The maximum atomic E-state index is 13.7. The number of hydrogen-bond acceptors (Lipinski definition) is 4. The highest BCUT2D eigenvalue weighted by molar-refractivity contribution is 5.46. The van der Waals surface area contributed by atoms with Crippen molar-refractivity contribution in [3.8, 4) is 0 Å². The van der Waals surface area contributed by atoms with E-state index in [2.05, 4.69) is 9.97 Å². The van der Waals surface area contributed by atoms with Crippen molar-refractivity contribution >= 4 is 5.82 Å². The molecule has 2 fully saturated rings. The maximum absolute atomic E-state index is 13.7. The van der Waals surface area contributed by atoms with E-state index < -0.39 is 0 Å². The highest BCUT2D eigenvalue weighted by atomic mass is 19.1. The minimum atomic E-state index is -0.319. The molecule has 86 valence electrons. The first-order valence-corrected chi connectivity index (χ1v) is 5.61. The third-order valence-electron chi connectivity index (χ3n) is 3.61. The van der Waals surface area contributed by atoms with Gasteiger partial charge in [-0.3, -0.25) is 0 Å². The lowest BCUT2D eigenvalue weighted by molar-refractivity contribution is 0.286. The second-order valence-corrected chi connectivity index (χ2v) is 4.96. The predicted octanol–water partition coefficient (Wildman–Crippen LogP) is 0.852.